The van der Waals surface area contributed by atoms with Gasteiger partial charge in [-0.05, 0) is 56.3 Å². The van der Waals surface area contributed by atoms with Crippen molar-refractivity contribution < 1.29 is 4.39 Å². The minimum Gasteiger partial charge on any atom is -0.374 e. The summed E-state index contributed by atoms with van der Waals surface area (Å²) in [6.45, 7) is 3.32. The van der Waals surface area contributed by atoms with Gasteiger partial charge >= 0.3 is 0 Å². The van der Waals surface area contributed by atoms with Crippen molar-refractivity contribution in [2.75, 3.05) is 25.5 Å². The summed E-state index contributed by atoms with van der Waals surface area (Å²) in [5, 5.41) is 3.44. The Morgan fingerprint density at radius 2 is 2.16 bits per heavy atom. The van der Waals surface area contributed by atoms with Crippen molar-refractivity contribution in [3.05, 3.63) is 30.1 Å². The van der Waals surface area contributed by atoms with E-state index in [4.69, 9.17) is 0 Å². The zero-order valence-corrected chi connectivity index (χ0v) is 12.2. The minimum absolute atomic E-state index is 0.161. The van der Waals surface area contributed by atoms with Crippen LogP contribution < -0.4 is 10.2 Å². The molecule has 1 aliphatic rings. The van der Waals surface area contributed by atoms with Crippen LogP contribution in [0.4, 0.5) is 10.1 Å². The monoisotopic (exact) mass is 264 g/mol. The Morgan fingerprint density at radius 3 is 2.84 bits per heavy atom. The molecule has 1 aliphatic carbocycles. The first-order chi connectivity index (χ1) is 9.10. The van der Waals surface area contributed by atoms with E-state index in [1.54, 1.807) is 12.1 Å². The Balaban J connectivity index is 2.02. The molecule has 1 aromatic carbocycles. The molecule has 19 heavy (non-hydrogen) atoms. The molecule has 3 unspecified atom stereocenters. The predicted molar refractivity (Wildman–Crippen MR) is 79.0 cm³/mol. The van der Waals surface area contributed by atoms with Gasteiger partial charge in [-0.1, -0.05) is 13.0 Å². The Kier molecular flexibility index (Phi) is 4.81. The second-order valence-corrected chi connectivity index (χ2v) is 5.93. The van der Waals surface area contributed by atoms with Gasteiger partial charge in [-0.2, -0.15) is 0 Å². The minimum atomic E-state index is -0.161. The van der Waals surface area contributed by atoms with Crippen molar-refractivity contribution in [3.8, 4) is 0 Å². The van der Waals surface area contributed by atoms with Crippen LogP contribution in [0.2, 0.25) is 0 Å². The van der Waals surface area contributed by atoms with Crippen molar-refractivity contribution in [2.24, 2.45) is 11.8 Å². The van der Waals surface area contributed by atoms with E-state index in [1.807, 2.05) is 6.07 Å². The van der Waals surface area contributed by atoms with Crippen molar-refractivity contribution in [1.82, 2.24) is 5.32 Å². The number of nitrogens with one attached hydrogen (secondary N) is 1. The molecule has 0 saturated heterocycles. The van der Waals surface area contributed by atoms with E-state index in [2.05, 4.69) is 31.2 Å². The van der Waals surface area contributed by atoms with Gasteiger partial charge in [0.1, 0.15) is 5.82 Å². The fourth-order valence-electron chi connectivity index (χ4n) is 3.25. The average molecular weight is 264 g/mol. The first-order valence-corrected chi connectivity index (χ1v) is 7.24. The SMILES string of the molecule is CNC1CCC(C)CC1CN(C)c1cccc(F)c1. The molecule has 0 spiro atoms. The van der Waals surface area contributed by atoms with Gasteiger partial charge < -0.3 is 10.2 Å². The van der Waals surface area contributed by atoms with Crippen molar-refractivity contribution in [1.29, 1.82) is 0 Å². The van der Waals surface area contributed by atoms with E-state index < -0.39 is 0 Å². The van der Waals surface area contributed by atoms with Gasteiger partial charge in [-0.3, -0.25) is 0 Å². The van der Waals surface area contributed by atoms with Crippen LogP contribution in [0, 0.1) is 17.7 Å². The van der Waals surface area contributed by atoms with Gasteiger partial charge in [0.2, 0.25) is 0 Å². The summed E-state index contributed by atoms with van der Waals surface area (Å²) in [4.78, 5) is 2.18. The van der Waals surface area contributed by atoms with Gasteiger partial charge in [0.05, 0.1) is 0 Å². The molecule has 0 aliphatic heterocycles. The van der Waals surface area contributed by atoms with Crippen LogP contribution in [0.3, 0.4) is 0 Å². The Bertz CT molecular complexity index is 407. The quantitative estimate of drug-likeness (QED) is 0.897. The molecule has 0 aromatic heterocycles. The molecule has 1 fully saturated rings. The molecule has 106 valence electrons. The summed E-state index contributed by atoms with van der Waals surface area (Å²) in [6.07, 6.45) is 3.82. The van der Waals surface area contributed by atoms with Crippen LogP contribution in [0.15, 0.2) is 24.3 Å². The van der Waals surface area contributed by atoms with Gasteiger partial charge in [-0.15, -0.1) is 0 Å². The van der Waals surface area contributed by atoms with Gasteiger partial charge in [-0.25, -0.2) is 4.39 Å². The smallest absolute Gasteiger partial charge is 0.125 e. The second-order valence-electron chi connectivity index (χ2n) is 5.93. The summed E-state index contributed by atoms with van der Waals surface area (Å²) >= 11 is 0. The summed E-state index contributed by atoms with van der Waals surface area (Å²) in [6, 6.07) is 7.45. The van der Waals surface area contributed by atoms with E-state index in [1.165, 1.54) is 25.3 Å². The Hall–Kier alpha value is -1.09. The lowest BCUT2D eigenvalue weighted by Gasteiger charge is -2.37. The summed E-state index contributed by atoms with van der Waals surface area (Å²) in [7, 11) is 4.11. The first kappa shape index (κ1) is 14.3. The number of halogens is 1. The van der Waals surface area contributed by atoms with E-state index in [9.17, 15) is 4.39 Å². The molecular weight excluding hydrogens is 239 g/mol. The lowest BCUT2D eigenvalue weighted by Crippen LogP contribution is -2.43. The third-order valence-electron chi connectivity index (χ3n) is 4.37. The maximum atomic E-state index is 13.3. The van der Waals surface area contributed by atoms with Crippen molar-refractivity contribution in [2.45, 2.75) is 32.2 Å². The van der Waals surface area contributed by atoms with Crippen LogP contribution in [0.5, 0.6) is 0 Å². The van der Waals surface area contributed by atoms with Gasteiger partial charge in [0.15, 0.2) is 0 Å². The molecule has 0 amide bonds. The van der Waals surface area contributed by atoms with E-state index in [-0.39, 0.29) is 5.82 Å². The lowest BCUT2D eigenvalue weighted by molar-refractivity contribution is 0.225. The van der Waals surface area contributed by atoms with Gasteiger partial charge in [0, 0.05) is 25.3 Å². The molecule has 2 nitrogen and oxygen atoms in total. The fourth-order valence-corrected chi connectivity index (χ4v) is 3.25. The van der Waals surface area contributed by atoms with E-state index >= 15 is 0 Å². The van der Waals surface area contributed by atoms with Crippen LogP contribution >= 0.6 is 0 Å². The van der Waals surface area contributed by atoms with Crippen LogP contribution in [0.1, 0.15) is 26.2 Å². The molecule has 0 heterocycles. The number of hydrogen-bond acceptors (Lipinski definition) is 2. The largest absolute Gasteiger partial charge is 0.374 e. The Morgan fingerprint density at radius 1 is 1.37 bits per heavy atom. The maximum Gasteiger partial charge on any atom is 0.125 e. The highest BCUT2D eigenvalue weighted by atomic mass is 19.1. The van der Waals surface area contributed by atoms with Gasteiger partial charge in [0.25, 0.3) is 0 Å². The molecule has 2 rings (SSSR count). The second kappa shape index (κ2) is 6.38. The molecule has 0 radical (unpaired) electrons. The highest BCUT2D eigenvalue weighted by Crippen LogP contribution is 2.30. The molecule has 0 bridgehead atoms. The molecule has 1 saturated carbocycles. The zero-order chi connectivity index (χ0) is 13.8. The summed E-state index contributed by atoms with van der Waals surface area (Å²) in [5.41, 5.74) is 0.966. The number of benzene rings is 1. The van der Waals surface area contributed by atoms with Crippen LogP contribution in [-0.4, -0.2) is 26.7 Å². The first-order valence-electron chi connectivity index (χ1n) is 7.24. The summed E-state index contributed by atoms with van der Waals surface area (Å²) in [5.74, 6) is 1.28. The topological polar surface area (TPSA) is 15.3 Å². The third-order valence-corrected chi connectivity index (χ3v) is 4.37. The highest BCUT2D eigenvalue weighted by Gasteiger charge is 2.28. The van der Waals surface area contributed by atoms with E-state index in [0.717, 1.165) is 18.2 Å². The van der Waals surface area contributed by atoms with Crippen LogP contribution in [-0.2, 0) is 0 Å². The molecular formula is C16H25FN2. The number of nitrogens with zero attached hydrogens (tertiary/aromatic N) is 1. The third kappa shape index (κ3) is 3.69. The van der Waals surface area contributed by atoms with E-state index in [0.29, 0.717) is 12.0 Å². The Labute approximate surface area is 116 Å². The van der Waals surface area contributed by atoms with Crippen molar-refractivity contribution >= 4 is 5.69 Å². The number of anilines is 1. The molecule has 3 atom stereocenters. The standard InChI is InChI=1S/C16H25FN2/c1-12-7-8-16(18-2)13(9-12)11-19(3)15-6-4-5-14(17)10-15/h4-6,10,12-13,16,18H,7-9,11H2,1-3H3. The van der Waals surface area contributed by atoms with Crippen molar-refractivity contribution in [3.63, 3.8) is 0 Å². The van der Waals surface area contributed by atoms with Crippen LogP contribution in [0.25, 0.3) is 0 Å². The predicted octanol–water partition coefficient (Wildman–Crippen LogP) is 3.29. The maximum absolute atomic E-state index is 13.3. The summed E-state index contributed by atoms with van der Waals surface area (Å²) < 4.78 is 13.3. The fraction of sp³-hybridized carbons (Fsp3) is 0.625. The number of hydrogen-bond donors (Lipinski definition) is 1. The number of rotatable bonds is 4. The lowest BCUT2D eigenvalue weighted by atomic mass is 9.78. The molecule has 1 N–H and O–H groups in total. The normalized spacial score (nSPS) is 27.3. The average Bonchev–Trinajstić information content (AvgIpc) is 2.39. The molecule has 1 aromatic rings. The highest BCUT2D eigenvalue weighted by molar-refractivity contribution is 5.45. The molecule has 3 heteroatoms. The zero-order valence-electron chi connectivity index (χ0n) is 12.2.